The molecule has 0 saturated heterocycles. The standard InChI is InChI=1S/C45H32N2/c1-45(2)38-23-13-22-36(43(38)37-26-32-19-9-10-20-33(32)27-39(37)45)42-34-21-12-11-14-29(34)24-25-35(42)41-28-40(30-15-5-3-6-16-30)46-44(47-41)31-17-7-4-8-18-31/h3-28H,1-2H3. The summed E-state index contributed by atoms with van der Waals surface area (Å²) >= 11 is 0. The van der Waals surface area contributed by atoms with Crippen LogP contribution in [-0.4, -0.2) is 9.97 Å². The first kappa shape index (κ1) is 27.5. The van der Waals surface area contributed by atoms with Gasteiger partial charge in [-0.25, -0.2) is 9.97 Å². The largest absolute Gasteiger partial charge is 0.228 e. The summed E-state index contributed by atoms with van der Waals surface area (Å²) in [5.74, 6) is 0.720. The number of nitrogens with zero attached hydrogens (tertiary/aromatic N) is 2. The van der Waals surface area contributed by atoms with Gasteiger partial charge in [0.25, 0.3) is 0 Å². The third kappa shape index (κ3) is 4.40. The van der Waals surface area contributed by atoms with Crippen LogP contribution < -0.4 is 0 Å². The molecule has 47 heavy (non-hydrogen) atoms. The lowest BCUT2D eigenvalue weighted by atomic mass is 9.81. The fourth-order valence-electron chi connectivity index (χ4n) is 7.51. The lowest BCUT2D eigenvalue weighted by Gasteiger charge is -2.22. The average molecular weight is 601 g/mol. The molecule has 0 aliphatic heterocycles. The summed E-state index contributed by atoms with van der Waals surface area (Å²) in [5.41, 5.74) is 12.6. The maximum Gasteiger partial charge on any atom is 0.160 e. The van der Waals surface area contributed by atoms with Crippen LogP contribution in [0.5, 0.6) is 0 Å². The molecule has 7 aromatic carbocycles. The van der Waals surface area contributed by atoms with Crippen molar-refractivity contribution in [1.29, 1.82) is 0 Å². The molecule has 2 heteroatoms. The van der Waals surface area contributed by atoms with Gasteiger partial charge in [0.2, 0.25) is 0 Å². The van der Waals surface area contributed by atoms with Crippen molar-refractivity contribution in [1.82, 2.24) is 9.97 Å². The summed E-state index contributed by atoms with van der Waals surface area (Å²) in [6.07, 6.45) is 0. The SMILES string of the molecule is CC1(C)c2cc3ccccc3cc2-c2c(-c3c(-c4cc(-c5ccccc5)nc(-c5ccccc5)n4)ccc4ccccc34)cccc21. The quantitative estimate of drug-likeness (QED) is 0.201. The topological polar surface area (TPSA) is 25.8 Å². The molecule has 0 N–H and O–H groups in total. The zero-order valence-corrected chi connectivity index (χ0v) is 26.4. The minimum Gasteiger partial charge on any atom is -0.228 e. The Hall–Kier alpha value is -5.86. The van der Waals surface area contributed by atoms with E-state index in [1.807, 2.05) is 24.3 Å². The van der Waals surface area contributed by atoms with E-state index in [1.54, 1.807) is 0 Å². The van der Waals surface area contributed by atoms with Crippen LogP contribution in [0.3, 0.4) is 0 Å². The summed E-state index contributed by atoms with van der Waals surface area (Å²) < 4.78 is 0. The molecule has 9 rings (SSSR count). The second-order valence-electron chi connectivity index (χ2n) is 13.0. The van der Waals surface area contributed by atoms with E-state index in [1.165, 1.54) is 54.9 Å². The van der Waals surface area contributed by atoms with Crippen molar-refractivity contribution in [3.05, 3.63) is 169 Å². The Balaban J connectivity index is 1.37. The van der Waals surface area contributed by atoms with Gasteiger partial charge < -0.3 is 0 Å². The molecule has 1 heterocycles. The normalized spacial score (nSPS) is 13.1. The average Bonchev–Trinajstić information content (AvgIpc) is 3.36. The third-order valence-corrected chi connectivity index (χ3v) is 9.87. The Labute approximate surface area is 275 Å². The van der Waals surface area contributed by atoms with Crippen LogP contribution >= 0.6 is 0 Å². The number of hydrogen-bond donors (Lipinski definition) is 0. The van der Waals surface area contributed by atoms with E-state index >= 15 is 0 Å². The maximum atomic E-state index is 5.29. The van der Waals surface area contributed by atoms with Gasteiger partial charge in [-0.05, 0) is 73.1 Å². The Bertz CT molecular complexity index is 2420. The fourth-order valence-corrected chi connectivity index (χ4v) is 7.51. The minimum absolute atomic E-state index is 0.134. The summed E-state index contributed by atoms with van der Waals surface area (Å²) in [5, 5.41) is 4.97. The molecule has 1 aromatic heterocycles. The van der Waals surface area contributed by atoms with E-state index in [-0.39, 0.29) is 5.41 Å². The Morgan fingerprint density at radius 3 is 1.81 bits per heavy atom. The summed E-state index contributed by atoms with van der Waals surface area (Å²) in [6.45, 7) is 4.73. The van der Waals surface area contributed by atoms with Gasteiger partial charge in [-0.15, -0.1) is 0 Å². The smallest absolute Gasteiger partial charge is 0.160 e. The lowest BCUT2D eigenvalue weighted by molar-refractivity contribution is 0.661. The number of hydrogen-bond acceptors (Lipinski definition) is 2. The first-order chi connectivity index (χ1) is 23.1. The molecule has 2 nitrogen and oxygen atoms in total. The molecule has 0 fully saturated rings. The van der Waals surface area contributed by atoms with E-state index in [0.717, 1.165) is 33.9 Å². The first-order valence-electron chi connectivity index (χ1n) is 16.3. The molecule has 8 aromatic rings. The number of rotatable bonds is 4. The molecule has 222 valence electrons. The number of benzene rings is 7. The highest BCUT2D eigenvalue weighted by molar-refractivity contribution is 6.09. The van der Waals surface area contributed by atoms with Gasteiger partial charge in [-0.1, -0.05) is 153 Å². The van der Waals surface area contributed by atoms with Crippen LogP contribution in [0.25, 0.3) is 77.7 Å². The van der Waals surface area contributed by atoms with Crippen LogP contribution in [0.1, 0.15) is 25.0 Å². The van der Waals surface area contributed by atoms with Gasteiger partial charge in [0.1, 0.15) is 0 Å². The summed E-state index contributed by atoms with van der Waals surface area (Å²) in [7, 11) is 0. The van der Waals surface area contributed by atoms with Crippen molar-refractivity contribution in [3.63, 3.8) is 0 Å². The van der Waals surface area contributed by atoms with Gasteiger partial charge in [0.05, 0.1) is 11.4 Å². The summed E-state index contributed by atoms with van der Waals surface area (Å²) in [6, 6.07) is 56.5. The number of fused-ring (bicyclic) bond motifs is 5. The van der Waals surface area contributed by atoms with Crippen LogP contribution in [0.15, 0.2) is 158 Å². The van der Waals surface area contributed by atoms with Crippen molar-refractivity contribution >= 4 is 21.5 Å². The monoisotopic (exact) mass is 600 g/mol. The second kappa shape index (κ2) is 10.6. The van der Waals surface area contributed by atoms with E-state index in [2.05, 4.69) is 147 Å². The van der Waals surface area contributed by atoms with Crippen molar-refractivity contribution in [2.75, 3.05) is 0 Å². The second-order valence-corrected chi connectivity index (χ2v) is 13.0. The highest BCUT2D eigenvalue weighted by Gasteiger charge is 2.37. The van der Waals surface area contributed by atoms with Gasteiger partial charge in [-0.3, -0.25) is 0 Å². The zero-order valence-electron chi connectivity index (χ0n) is 26.4. The molecule has 0 atom stereocenters. The van der Waals surface area contributed by atoms with Crippen LogP contribution in [-0.2, 0) is 5.41 Å². The molecule has 0 unspecified atom stereocenters. The van der Waals surface area contributed by atoms with Crippen LogP contribution in [0, 0.1) is 0 Å². The zero-order chi connectivity index (χ0) is 31.5. The predicted molar refractivity (Wildman–Crippen MR) is 196 cm³/mol. The Kier molecular flexibility index (Phi) is 6.20. The first-order valence-corrected chi connectivity index (χ1v) is 16.3. The van der Waals surface area contributed by atoms with E-state index < -0.39 is 0 Å². The maximum absolute atomic E-state index is 5.29. The molecule has 0 amide bonds. The van der Waals surface area contributed by atoms with E-state index in [4.69, 9.17) is 9.97 Å². The van der Waals surface area contributed by atoms with E-state index in [0.29, 0.717) is 0 Å². The van der Waals surface area contributed by atoms with Crippen molar-refractivity contribution < 1.29 is 0 Å². The van der Waals surface area contributed by atoms with Gasteiger partial charge in [-0.2, -0.15) is 0 Å². The molecule has 1 aliphatic rings. The fraction of sp³-hybridized carbons (Fsp3) is 0.0667. The summed E-state index contributed by atoms with van der Waals surface area (Å²) in [4.78, 5) is 10.4. The van der Waals surface area contributed by atoms with Crippen LogP contribution in [0.4, 0.5) is 0 Å². The Morgan fingerprint density at radius 1 is 0.404 bits per heavy atom. The molecule has 0 saturated carbocycles. The lowest BCUT2D eigenvalue weighted by Crippen LogP contribution is -2.14. The molecular weight excluding hydrogens is 569 g/mol. The molecule has 1 aliphatic carbocycles. The molecule has 0 bridgehead atoms. The Morgan fingerprint density at radius 2 is 1.04 bits per heavy atom. The van der Waals surface area contributed by atoms with Gasteiger partial charge in [0, 0.05) is 22.1 Å². The molecule has 0 radical (unpaired) electrons. The van der Waals surface area contributed by atoms with Crippen molar-refractivity contribution in [2.24, 2.45) is 0 Å². The number of aromatic nitrogens is 2. The predicted octanol–water partition coefficient (Wildman–Crippen LogP) is 11.8. The van der Waals surface area contributed by atoms with Gasteiger partial charge in [0.15, 0.2) is 5.82 Å². The van der Waals surface area contributed by atoms with Gasteiger partial charge >= 0.3 is 0 Å². The van der Waals surface area contributed by atoms with E-state index in [9.17, 15) is 0 Å². The highest BCUT2D eigenvalue weighted by atomic mass is 14.9. The van der Waals surface area contributed by atoms with Crippen molar-refractivity contribution in [2.45, 2.75) is 19.3 Å². The highest BCUT2D eigenvalue weighted by Crippen LogP contribution is 2.54. The third-order valence-electron chi connectivity index (χ3n) is 9.87. The molecular formula is C45H32N2. The minimum atomic E-state index is -0.134. The van der Waals surface area contributed by atoms with Crippen molar-refractivity contribution in [3.8, 4) is 56.2 Å². The van der Waals surface area contributed by atoms with Crippen LogP contribution in [0.2, 0.25) is 0 Å². The molecule has 0 spiro atoms.